The van der Waals surface area contributed by atoms with Gasteiger partial charge in [-0.05, 0) is 61.9 Å². The molecule has 204 valence electrons. The number of rotatable bonds is 11. The van der Waals surface area contributed by atoms with Crippen LogP contribution in [0.25, 0.3) is 0 Å². The molecule has 0 atom stereocenters. The van der Waals surface area contributed by atoms with E-state index in [1.165, 1.54) is 25.2 Å². The number of ether oxygens (including phenoxy) is 3. The molecule has 0 aliphatic heterocycles. The van der Waals surface area contributed by atoms with E-state index in [2.05, 4.69) is 9.72 Å². The van der Waals surface area contributed by atoms with Crippen LogP contribution in [0.4, 0.5) is 10.1 Å². The Morgan fingerprint density at radius 3 is 2.55 bits per heavy atom. The van der Waals surface area contributed by atoms with Gasteiger partial charge in [-0.3, -0.25) is 14.6 Å². The zero-order chi connectivity index (χ0) is 27.7. The van der Waals surface area contributed by atoms with E-state index in [4.69, 9.17) is 21.1 Å². The lowest BCUT2D eigenvalue weighted by Crippen LogP contribution is -2.35. The normalized spacial score (nSPS) is 13.3. The number of hydrogen-bond acceptors (Lipinski definition) is 8. The van der Waals surface area contributed by atoms with E-state index < -0.39 is 23.7 Å². The number of carbonyl (C=O) groups is 3. The lowest BCUT2D eigenvalue weighted by atomic mass is 9.90. The van der Waals surface area contributed by atoms with Crippen LogP contribution >= 0.6 is 23.4 Å². The average molecular weight is 565 g/mol. The molecule has 38 heavy (non-hydrogen) atoms. The zero-order valence-corrected chi connectivity index (χ0v) is 23.1. The van der Waals surface area contributed by atoms with Crippen molar-refractivity contribution in [2.45, 2.75) is 44.0 Å². The molecular formula is C27H30ClFN2O6S. The van der Waals surface area contributed by atoms with Gasteiger partial charge >= 0.3 is 11.9 Å². The molecule has 1 aliphatic rings. The van der Waals surface area contributed by atoms with Crippen LogP contribution in [0, 0.1) is 12.7 Å². The third-order valence-electron chi connectivity index (χ3n) is 6.08. The van der Waals surface area contributed by atoms with Crippen molar-refractivity contribution in [3.05, 3.63) is 63.7 Å². The first-order valence-corrected chi connectivity index (χ1v) is 13.4. The second-order valence-electron chi connectivity index (χ2n) is 8.59. The van der Waals surface area contributed by atoms with Gasteiger partial charge in [0.1, 0.15) is 12.4 Å². The molecule has 1 aromatic carbocycles. The van der Waals surface area contributed by atoms with Crippen LogP contribution in [0.1, 0.15) is 36.8 Å². The number of carbonyl (C=O) groups excluding carboxylic acids is 3. The molecule has 0 spiro atoms. The smallest absolute Gasteiger partial charge is 0.334 e. The van der Waals surface area contributed by atoms with Crippen molar-refractivity contribution in [3.63, 3.8) is 0 Å². The highest BCUT2D eigenvalue weighted by Gasteiger charge is 2.31. The number of nitrogens with zero attached hydrogens (tertiary/aromatic N) is 2. The molecule has 8 nitrogen and oxygen atoms in total. The number of halogens is 2. The molecule has 0 unspecified atom stereocenters. The number of aromatic nitrogens is 1. The molecule has 2 aromatic rings. The summed E-state index contributed by atoms with van der Waals surface area (Å²) in [5, 5.41) is 0.101. The number of thioether (sulfide) groups is 1. The minimum absolute atomic E-state index is 0.00761. The maximum Gasteiger partial charge on any atom is 0.334 e. The van der Waals surface area contributed by atoms with Gasteiger partial charge in [0, 0.05) is 35.5 Å². The van der Waals surface area contributed by atoms with Crippen molar-refractivity contribution in [2.75, 3.05) is 38.1 Å². The van der Waals surface area contributed by atoms with E-state index in [1.807, 2.05) is 6.92 Å². The number of anilines is 1. The van der Waals surface area contributed by atoms with Gasteiger partial charge in [-0.1, -0.05) is 11.6 Å². The Kier molecular flexibility index (Phi) is 11.1. The monoisotopic (exact) mass is 564 g/mol. The summed E-state index contributed by atoms with van der Waals surface area (Å²) in [6.45, 7) is 2.17. The van der Waals surface area contributed by atoms with E-state index in [1.54, 1.807) is 18.5 Å². The number of methoxy groups -OCH3 is 2. The summed E-state index contributed by atoms with van der Waals surface area (Å²) in [7, 11) is 2.77. The SMILES string of the molecule is COCCOC(=O)C1=C(C(=O)N(Cc2cnccc2C)c2cc(SCC(=O)OC)c(Cl)cc2F)CCCC1. The fourth-order valence-corrected chi connectivity index (χ4v) is 5.06. The third kappa shape index (κ3) is 7.55. The van der Waals surface area contributed by atoms with Gasteiger partial charge in [0.15, 0.2) is 0 Å². The highest BCUT2D eigenvalue weighted by atomic mass is 35.5. The van der Waals surface area contributed by atoms with Crippen LogP contribution in [0.3, 0.4) is 0 Å². The van der Waals surface area contributed by atoms with Gasteiger partial charge in [0.25, 0.3) is 5.91 Å². The number of hydrogen-bond donors (Lipinski definition) is 0. The second-order valence-corrected chi connectivity index (χ2v) is 10.0. The molecule has 1 heterocycles. The van der Waals surface area contributed by atoms with Crippen LogP contribution in [0.15, 0.2) is 46.6 Å². The molecule has 3 rings (SSSR count). The van der Waals surface area contributed by atoms with Crippen molar-refractivity contribution in [2.24, 2.45) is 0 Å². The topological polar surface area (TPSA) is 95.0 Å². The zero-order valence-electron chi connectivity index (χ0n) is 21.6. The standard InChI is InChI=1S/C27H30ClFN2O6S/c1-17-8-9-30-14-18(17)15-31(23-13-24(21(28)12-22(23)29)38-16-25(32)36-3)26(33)19-6-4-5-7-20(19)27(34)37-11-10-35-2/h8-9,12-14H,4-7,10-11,15-16H2,1-3H3. The molecular weight excluding hydrogens is 535 g/mol. The van der Waals surface area contributed by atoms with Gasteiger partial charge in [0.2, 0.25) is 0 Å². The van der Waals surface area contributed by atoms with Crippen LogP contribution < -0.4 is 4.90 Å². The lowest BCUT2D eigenvalue weighted by molar-refractivity contribution is -0.141. The van der Waals surface area contributed by atoms with Crippen molar-refractivity contribution >= 4 is 46.9 Å². The molecule has 11 heteroatoms. The van der Waals surface area contributed by atoms with Gasteiger partial charge in [-0.15, -0.1) is 11.8 Å². The predicted molar refractivity (Wildman–Crippen MR) is 143 cm³/mol. The van der Waals surface area contributed by atoms with Crippen molar-refractivity contribution in [1.29, 1.82) is 0 Å². The van der Waals surface area contributed by atoms with Gasteiger partial charge in [-0.2, -0.15) is 0 Å². The highest BCUT2D eigenvalue weighted by Crippen LogP contribution is 2.36. The first-order valence-electron chi connectivity index (χ1n) is 12.0. The number of aryl methyl sites for hydroxylation is 1. The number of amides is 1. The van der Waals surface area contributed by atoms with E-state index in [0.29, 0.717) is 40.9 Å². The van der Waals surface area contributed by atoms with Crippen LogP contribution in [-0.4, -0.2) is 56.0 Å². The Morgan fingerprint density at radius 1 is 1.13 bits per heavy atom. The van der Waals surface area contributed by atoms with Crippen LogP contribution in [0.2, 0.25) is 5.02 Å². The maximum absolute atomic E-state index is 15.4. The molecule has 0 radical (unpaired) electrons. The highest BCUT2D eigenvalue weighted by molar-refractivity contribution is 8.00. The summed E-state index contributed by atoms with van der Waals surface area (Å²) in [5.41, 5.74) is 2.13. The summed E-state index contributed by atoms with van der Waals surface area (Å²) in [6.07, 6.45) is 5.43. The Bertz CT molecular complexity index is 1220. The fourth-order valence-electron chi connectivity index (χ4n) is 3.96. The molecule has 0 fully saturated rings. The summed E-state index contributed by atoms with van der Waals surface area (Å²) >= 11 is 7.34. The molecule has 0 bridgehead atoms. The maximum atomic E-state index is 15.4. The quantitative estimate of drug-likeness (QED) is 0.213. The van der Waals surface area contributed by atoms with Crippen molar-refractivity contribution in [3.8, 4) is 0 Å². The van der Waals surface area contributed by atoms with E-state index >= 15 is 4.39 Å². The van der Waals surface area contributed by atoms with Crippen LogP contribution in [-0.2, 0) is 35.1 Å². The summed E-state index contributed by atoms with van der Waals surface area (Å²) in [4.78, 5) is 44.4. The van der Waals surface area contributed by atoms with Gasteiger partial charge < -0.3 is 19.1 Å². The lowest BCUT2D eigenvalue weighted by Gasteiger charge is -2.28. The van der Waals surface area contributed by atoms with Gasteiger partial charge in [-0.25, -0.2) is 9.18 Å². The number of pyridine rings is 1. The molecule has 0 N–H and O–H groups in total. The summed E-state index contributed by atoms with van der Waals surface area (Å²) in [5.74, 6) is -2.31. The molecule has 1 aliphatic carbocycles. The van der Waals surface area contributed by atoms with E-state index in [9.17, 15) is 14.4 Å². The largest absolute Gasteiger partial charge is 0.468 e. The minimum Gasteiger partial charge on any atom is -0.468 e. The van der Waals surface area contributed by atoms with Crippen molar-refractivity contribution in [1.82, 2.24) is 4.98 Å². The predicted octanol–water partition coefficient (Wildman–Crippen LogP) is 5.04. The van der Waals surface area contributed by atoms with Gasteiger partial charge in [0.05, 0.1) is 36.7 Å². The fraction of sp³-hybridized carbons (Fsp3) is 0.407. The number of esters is 2. The first kappa shape index (κ1) is 29.6. The molecule has 0 saturated carbocycles. The Hall–Kier alpha value is -2.95. The van der Waals surface area contributed by atoms with E-state index in [-0.39, 0.29) is 36.2 Å². The third-order valence-corrected chi connectivity index (χ3v) is 7.53. The number of benzene rings is 1. The Labute approximate surface area is 230 Å². The second kappa shape index (κ2) is 14.3. The Balaban J connectivity index is 2.07. The minimum atomic E-state index is -0.715. The molecule has 1 amide bonds. The molecule has 1 aromatic heterocycles. The summed E-state index contributed by atoms with van der Waals surface area (Å²) in [6, 6.07) is 4.35. The average Bonchev–Trinajstić information content (AvgIpc) is 2.92. The van der Waals surface area contributed by atoms with Crippen LogP contribution in [0.5, 0.6) is 0 Å². The Morgan fingerprint density at radius 2 is 1.87 bits per heavy atom. The van der Waals surface area contributed by atoms with Crippen molar-refractivity contribution < 1.29 is 33.0 Å². The molecule has 0 saturated heterocycles. The van der Waals surface area contributed by atoms with E-state index in [0.717, 1.165) is 29.8 Å². The summed E-state index contributed by atoms with van der Waals surface area (Å²) < 4.78 is 30.4. The first-order chi connectivity index (χ1) is 18.3.